The number of allylic oxidation sites excluding steroid dienone is 5. The van der Waals surface area contributed by atoms with Crippen LogP contribution in [0, 0.1) is 11.3 Å². The summed E-state index contributed by atoms with van der Waals surface area (Å²) in [6.45, 7) is 12.6. The van der Waals surface area contributed by atoms with E-state index in [0.29, 0.717) is 23.5 Å². The standard InChI is InChI=1S/C24H26N4O/c1-5-7-20(18(4)28-23-11-13-27-24(29)17(23)3)14-16(2)19-8-6-9-21(15-19)22(26)10-12-25/h5-10,14-15,28H,2,4,11,13,26H2,1,3H3,(H,27,29)/b7-5-,20-14+,22-10-. The van der Waals surface area contributed by atoms with E-state index < -0.39 is 0 Å². The summed E-state index contributed by atoms with van der Waals surface area (Å²) >= 11 is 0. The molecule has 0 saturated heterocycles. The largest absolute Gasteiger partial charge is 0.398 e. The predicted molar refractivity (Wildman–Crippen MR) is 119 cm³/mol. The molecule has 0 unspecified atom stereocenters. The Balaban J connectivity index is 2.30. The van der Waals surface area contributed by atoms with Gasteiger partial charge in [-0.1, -0.05) is 43.5 Å². The predicted octanol–water partition coefficient (Wildman–Crippen LogP) is 3.92. The minimum absolute atomic E-state index is 0.0626. The molecule has 5 heteroatoms. The molecule has 1 heterocycles. The Morgan fingerprint density at radius 3 is 2.76 bits per heavy atom. The molecule has 0 radical (unpaired) electrons. The third kappa shape index (κ3) is 5.60. The third-order valence-corrected chi connectivity index (χ3v) is 4.57. The van der Waals surface area contributed by atoms with Gasteiger partial charge < -0.3 is 16.4 Å². The van der Waals surface area contributed by atoms with E-state index in [1.807, 2.05) is 55.5 Å². The molecule has 0 saturated carbocycles. The first-order valence-corrected chi connectivity index (χ1v) is 9.31. The molecule has 1 aliphatic rings. The average molecular weight is 386 g/mol. The van der Waals surface area contributed by atoms with Crippen LogP contribution in [0.5, 0.6) is 0 Å². The number of hydrogen-bond acceptors (Lipinski definition) is 4. The van der Waals surface area contributed by atoms with Crippen molar-refractivity contribution < 1.29 is 4.79 Å². The number of rotatable bonds is 7. The van der Waals surface area contributed by atoms with Crippen molar-refractivity contribution in [2.24, 2.45) is 5.73 Å². The van der Waals surface area contributed by atoms with E-state index >= 15 is 0 Å². The van der Waals surface area contributed by atoms with Crippen LogP contribution in [-0.4, -0.2) is 12.5 Å². The van der Waals surface area contributed by atoms with Gasteiger partial charge in [-0.05, 0) is 48.3 Å². The molecule has 148 valence electrons. The smallest absolute Gasteiger partial charge is 0.248 e. The fraction of sp³-hybridized carbons (Fsp3) is 0.167. The first-order chi connectivity index (χ1) is 13.9. The Bertz CT molecular complexity index is 1000. The van der Waals surface area contributed by atoms with Crippen molar-refractivity contribution in [3.05, 3.63) is 95.4 Å². The molecular formula is C24H26N4O. The second-order valence-corrected chi connectivity index (χ2v) is 6.65. The van der Waals surface area contributed by atoms with E-state index in [2.05, 4.69) is 23.8 Å². The highest BCUT2D eigenvalue weighted by Gasteiger charge is 2.17. The second-order valence-electron chi connectivity index (χ2n) is 6.65. The summed E-state index contributed by atoms with van der Waals surface area (Å²) in [4.78, 5) is 11.9. The van der Waals surface area contributed by atoms with Crippen molar-refractivity contribution in [2.75, 3.05) is 6.54 Å². The zero-order valence-electron chi connectivity index (χ0n) is 16.9. The molecule has 1 aromatic carbocycles. The van der Waals surface area contributed by atoms with Crippen LogP contribution in [-0.2, 0) is 4.79 Å². The first-order valence-electron chi connectivity index (χ1n) is 9.31. The van der Waals surface area contributed by atoms with E-state index in [-0.39, 0.29) is 5.91 Å². The average Bonchev–Trinajstić information content (AvgIpc) is 2.71. The number of nitrogens with zero attached hydrogens (tertiary/aromatic N) is 1. The van der Waals surface area contributed by atoms with Crippen molar-refractivity contribution in [3.63, 3.8) is 0 Å². The number of hydrogen-bond donors (Lipinski definition) is 3. The molecule has 4 N–H and O–H groups in total. The quantitative estimate of drug-likeness (QED) is 0.489. The topological polar surface area (TPSA) is 90.9 Å². The zero-order chi connectivity index (χ0) is 21.4. The molecule has 0 atom stereocenters. The van der Waals surface area contributed by atoms with Gasteiger partial charge in [0.2, 0.25) is 5.91 Å². The molecule has 29 heavy (non-hydrogen) atoms. The van der Waals surface area contributed by atoms with Gasteiger partial charge in [-0.2, -0.15) is 5.26 Å². The minimum Gasteiger partial charge on any atom is -0.398 e. The maximum Gasteiger partial charge on any atom is 0.248 e. The van der Waals surface area contributed by atoms with Crippen molar-refractivity contribution in [1.82, 2.24) is 10.6 Å². The molecule has 0 aromatic heterocycles. The number of benzene rings is 1. The van der Waals surface area contributed by atoms with E-state index in [0.717, 1.165) is 34.4 Å². The molecule has 0 aliphatic carbocycles. The lowest BCUT2D eigenvalue weighted by Crippen LogP contribution is -2.34. The van der Waals surface area contributed by atoms with Gasteiger partial charge in [0.25, 0.3) is 0 Å². The normalized spacial score (nSPS) is 15.1. The number of nitrogens with one attached hydrogen (secondary N) is 2. The Morgan fingerprint density at radius 1 is 1.34 bits per heavy atom. The summed E-state index contributed by atoms with van der Waals surface area (Å²) in [5, 5.41) is 14.9. The van der Waals surface area contributed by atoms with Crippen LogP contribution in [0.2, 0.25) is 0 Å². The monoisotopic (exact) mass is 386 g/mol. The summed E-state index contributed by atoms with van der Waals surface area (Å²) in [5.74, 6) is -0.0626. The van der Waals surface area contributed by atoms with Gasteiger partial charge in [0.1, 0.15) is 0 Å². The summed E-state index contributed by atoms with van der Waals surface area (Å²) in [6, 6.07) is 9.49. The van der Waals surface area contributed by atoms with Gasteiger partial charge in [-0.3, -0.25) is 4.79 Å². The molecule has 5 nitrogen and oxygen atoms in total. The lowest BCUT2D eigenvalue weighted by atomic mass is 9.99. The van der Waals surface area contributed by atoms with Gasteiger partial charge in [0.05, 0.1) is 6.07 Å². The van der Waals surface area contributed by atoms with Gasteiger partial charge in [-0.25, -0.2) is 0 Å². The first kappa shape index (κ1) is 21.5. The highest BCUT2D eigenvalue weighted by molar-refractivity contribution is 5.94. The number of carbonyl (C=O) groups is 1. The molecule has 0 bridgehead atoms. The van der Waals surface area contributed by atoms with E-state index in [1.54, 1.807) is 6.92 Å². The fourth-order valence-corrected chi connectivity index (χ4v) is 2.91. The Kier molecular flexibility index (Phi) is 7.39. The lowest BCUT2D eigenvalue weighted by Gasteiger charge is -2.21. The van der Waals surface area contributed by atoms with Crippen molar-refractivity contribution in [2.45, 2.75) is 20.3 Å². The second kappa shape index (κ2) is 9.95. The Morgan fingerprint density at radius 2 is 2.07 bits per heavy atom. The fourth-order valence-electron chi connectivity index (χ4n) is 2.91. The summed E-state index contributed by atoms with van der Waals surface area (Å²) in [7, 11) is 0. The van der Waals surface area contributed by atoms with Gasteiger partial charge in [0, 0.05) is 41.7 Å². The number of carbonyl (C=O) groups excluding carboxylic acids is 1. The minimum atomic E-state index is -0.0626. The van der Waals surface area contributed by atoms with Crippen LogP contribution >= 0.6 is 0 Å². The van der Waals surface area contributed by atoms with Crippen LogP contribution in [0.25, 0.3) is 11.3 Å². The van der Waals surface area contributed by atoms with E-state index in [4.69, 9.17) is 11.0 Å². The SMILES string of the molecule is C=C(NC1=C(C)C(=O)NCC1)C(/C=C\C)=C/C(=C)c1cccc(/C(N)=C/C#N)c1. The van der Waals surface area contributed by atoms with Gasteiger partial charge in [-0.15, -0.1) is 0 Å². The molecule has 1 amide bonds. The molecular weight excluding hydrogens is 360 g/mol. The maximum atomic E-state index is 11.9. The Hall–Kier alpha value is -3.78. The van der Waals surface area contributed by atoms with Crippen LogP contribution < -0.4 is 16.4 Å². The maximum absolute atomic E-state index is 11.9. The molecule has 1 aliphatic heterocycles. The van der Waals surface area contributed by atoms with Crippen molar-refractivity contribution in [3.8, 4) is 6.07 Å². The van der Waals surface area contributed by atoms with Gasteiger partial charge >= 0.3 is 0 Å². The highest BCUT2D eigenvalue weighted by Crippen LogP contribution is 2.23. The van der Waals surface area contributed by atoms with E-state index in [9.17, 15) is 4.79 Å². The molecule has 1 aromatic rings. The van der Waals surface area contributed by atoms with Crippen LogP contribution in [0.4, 0.5) is 0 Å². The summed E-state index contributed by atoms with van der Waals surface area (Å²) in [5.41, 5.74) is 11.8. The summed E-state index contributed by atoms with van der Waals surface area (Å²) < 4.78 is 0. The number of amides is 1. The van der Waals surface area contributed by atoms with Crippen LogP contribution in [0.15, 0.2) is 84.3 Å². The number of nitrogens with two attached hydrogens (primary N) is 1. The third-order valence-electron chi connectivity index (χ3n) is 4.57. The van der Waals surface area contributed by atoms with Crippen molar-refractivity contribution >= 4 is 17.2 Å². The summed E-state index contributed by atoms with van der Waals surface area (Å²) in [6.07, 6.45) is 7.83. The molecule has 2 rings (SSSR count). The van der Waals surface area contributed by atoms with Gasteiger partial charge in [0.15, 0.2) is 0 Å². The van der Waals surface area contributed by atoms with Crippen molar-refractivity contribution in [1.29, 1.82) is 5.26 Å². The highest BCUT2D eigenvalue weighted by atomic mass is 16.1. The lowest BCUT2D eigenvalue weighted by molar-refractivity contribution is -0.117. The Labute approximate surface area is 172 Å². The van der Waals surface area contributed by atoms with Crippen LogP contribution in [0.3, 0.4) is 0 Å². The molecule has 0 spiro atoms. The van der Waals surface area contributed by atoms with Crippen LogP contribution in [0.1, 0.15) is 31.4 Å². The van der Waals surface area contributed by atoms with E-state index in [1.165, 1.54) is 6.08 Å². The number of nitriles is 1. The molecule has 0 fully saturated rings. The zero-order valence-corrected chi connectivity index (χ0v) is 16.9.